The monoisotopic (exact) mass is 242 g/mol. The zero-order valence-corrected chi connectivity index (χ0v) is 8.55. The zero-order valence-electron chi connectivity index (χ0n) is 6.28. The highest BCUT2D eigenvalue weighted by molar-refractivity contribution is 6.67. The highest BCUT2D eigenvalue weighted by atomic mass is 35.6. The summed E-state index contributed by atoms with van der Waals surface area (Å²) in [4.78, 5) is 14.7. The van der Waals surface area contributed by atoms with Crippen LogP contribution in [-0.2, 0) is 4.74 Å². The summed E-state index contributed by atoms with van der Waals surface area (Å²) in [6.45, 7) is -0.297. The van der Waals surface area contributed by atoms with E-state index in [1.807, 2.05) is 0 Å². The maximum atomic E-state index is 11.1. The van der Waals surface area contributed by atoms with Crippen LogP contribution in [0.4, 0.5) is 4.79 Å². The van der Waals surface area contributed by atoms with Gasteiger partial charge in [-0.2, -0.15) is 0 Å². The Bertz CT molecular complexity index is 281. The first kappa shape index (κ1) is 10.6. The van der Waals surface area contributed by atoms with E-state index in [0.717, 1.165) is 4.57 Å². The van der Waals surface area contributed by atoms with Crippen LogP contribution in [0.5, 0.6) is 0 Å². The Morgan fingerprint density at radius 2 is 2.23 bits per heavy atom. The van der Waals surface area contributed by atoms with E-state index in [0.29, 0.717) is 0 Å². The summed E-state index contributed by atoms with van der Waals surface area (Å²) in [7, 11) is 0. The van der Waals surface area contributed by atoms with Crippen LogP contribution in [0.2, 0.25) is 0 Å². The number of rotatable bonds is 1. The lowest BCUT2D eigenvalue weighted by Crippen LogP contribution is -2.20. The van der Waals surface area contributed by atoms with Gasteiger partial charge < -0.3 is 4.74 Å². The normalized spacial score (nSPS) is 11.3. The molecule has 0 unspecified atom stereocenters. The molecule has 1 rings (SSSR count). The molecule has 0 bridgehead atoms. The van der Waals surface area contributed by atoms with Crippen LogP contribution in [0.25, 0.3) is 0 Å². The second-order valence-electron chi connectivity index (χ2n) is 2.14. The number of imidazole rings is 1. The molecule has 1 heterocycles. The lowest BCUT2D eigenvalue weighted by molar-refractivity contribution is 0.150. The molecule has 0 aromatic carbocycles. The van der Waals surface area contributed by atoms with E-state index in [9.17, 15) is 4.79 Å². The van der Waals surface area contributed by atoms with Crippen molar-refractivity contribution in [2.75, 3.05) is 6.61 Å². The number of hydrogen-bond acceptors (Lipinski definition) is 3. The minimum Gasteiger partial charge on any atom is -0.444 e. The van der Waals surface area contributed by atoms with Crippen LogP contribution in [0, 0.1) is 0 Å². The topological polar surface area (TPSA) is 44.1 Å². The predicted octanol–water partition coefficient (Wildman–Crippen LogP) is 2.24. The van der Waals surface area contributed by atoms with E-state index >= 15 is 0 Å². The summed E-state index contributed by atoms with van der Waals surface area (Å²) in [5.74, 6) is 0. The largest absolute Gasteiger partial charge is 0.444 e. The minimum atomic E-state index is -1.59. The Hall–Kier alpha value is -0.450. The van der Waals surface area contributed by atoms with Crippen molar-refractivity contribution in [2.45, 2.75) is 3.79 Å². The molecule has 0 radical (unpaired) electrons. The molecule has 0 saturated heterocycles. The van der Waals surface area contributed by atoms with Crippen molar-refractivity contribution in [3.05, 3.63) is 18.7 Å². The van der Waals surface area contributed by atoms with E-state index in [4.69, 9.17) is 34.8 Å². The number of halogens is 3. The fourth-order valence-corrected chi connectivity index (χ4v) is 0.749. The fourth-order valence-electron chi connectivity index (χ4n) is 0.585. The van der Waals surface area contributed by atoms with Gasteiger partial charge in [-0.1, -0.05) is 34.8 Å². The lowest BCUT2D eigenvalue weighted by Gasteiger charge is -2.10. The summed E-state index contributed by atoms with van der Waals surface area (Å²) in [6.07, 6.45) is 3.53. The molecular formula is C6H5Cl3N2O2. The average Bonchev–Trinajstić information content (AvgIpc) is 2.50. The highest BCUT2D eigenvalue weighted by Gasteiger charge is 2.22. The third-order valence-corrected chi connectivity index (χ3v) is 1.40. The van der Waals surface area contributed by atoms with Gasteiger partial charge in [-0.05, 0) is 0 Å². The maximum Gasteiger partial charge on any atom is 0.419 e. The van der Waals surface area contributed by atoms with E-state index in [2.05, 4.69) is 9.72 Å². The van der Waals surface area contributed by atoms with Crippen LogP contribution >= 0.6 is 34.8 Å². The number of carbonyl (C=O) groups excluding carboxylic acids is 1. The summed E-state index contributed by atoms with van der Waals surface area (Å²) in [5, 5.41) is 0. The summed E-state index contributed by atoms with van der Waals surface area (Å²) in [6, 6.07) is 0. The average molecular weight is 243 g/mol. The Balaban J connectivity index is 2.44. The Morgan fingerprint density at radius 1 is 1.54 bits per heavy atom. The van der Waals surface area contributed by atoms with Gasteiger partial charge in [-0.3, -0.25) is 0 Å². The first-order valence-electron chi connectivity index (χ1n) is 3.21. The Kier molecular flexibility index (Phi) is 3.41. The van der Waals surface area contributed by atoms with Crippen LogP contribution in [0.15, 0.2) is 18.7 Å². The van der Waals surface area contributed by atoms with Gasteiger partial charge in [0.2, 0.25) is 3.79 Å². The summed E-state index contributed by atoms with van der Waals surface area (Å²) in [5.41, 5.74) is 0. The summed E-state index contributed by atoms with van der Waals surface area (Å²) < 4.78 is 4.19. The lowest BCUT2D eigenvalue weighted by atomic mass is 10.8. The number of hydrogen-bond donors (Lipinski definition) is 0. The first-order chi connectivity index (χ1) is 5.99. The van der Waals surface area contributed by atoms with Crippen LogP contribution in [-0.4, -0.2) is 26.0 Å². The molecule has 1 aromatic rings. The van der Waals surface area contributed by atoms with Crippen molar-refractivity contribution in [3.8, 4) is 0 Å². The SMILES string of the molecule is O=C(OCC(Cl)(Cl)Cl)n1ccnc1. The van der Waals surface area contributed by atoms with Crippen molar-refractivity contribution in [1.29, 1.82) is 0 Å². The zero-order chi connectivity index (χ0) is 9.90. The minimum absolute atomic E-state index is 0.297. The maximum absolute atomic E-state index is 11.1. The molecule has 0 saturated carbocycles. The van der Waals surface area contributed by atoms with Gasteiger partial charge in [0.05, 0.1) is 0 Å². The molecule has 0 spiro atoms. The van der Waals surface area contributed by atoms with Crippen LogP contribution < -0.4 is 0 Å². The van der Waals surface area contributed by atoms with Crippen molar-refractivity contribution >= 4 is 40.9 Å². The van der Waals surface area contributed by atoms with Crippen molar-refractivity contribution in [3.63, 3.8) is 0 Å². The second-order valence-corrected chi connectivity index (χ2v) is 4.66. The smallest absolute Gasteiger partial charge is 0.419 e. The second kappa shape index (κ2) is 4.17. The van der Waals surface area contributed by atoms with Crippen molar-refractivity contribution in [1.82, 2.24) is 9.55 Å². The molecule has 7 heteroatoms. The van der Waals surface area contributed by atoms with Gasteiger partial charge in [-0.25, -0.2) is 14.3 Å². The number of aromatic nitrogens is 2. The number of ether oxygens (including phenoxy) is 1. The predicted molar refractivity (Wildman–Crippen MR) is 49.3 cm³/mol. The molecule has 4 nitrogen and oxygen atoms in total. The van der Waals surface area contributed by atoms with Crippen LogP contribution in [0.3, 0.4) is 0 Å². The third kappa shape index (κ3) is 3.85. The quantitative estimate of drug-likeness (QED) is 0.711. The third-order valence-electron chi connectivity index (χ3n) is 1.07. The number of nitrogens with zero attached hydrogens (tertiary/aromatic N) is 2. The molecule has 13 heavy (non-hydrogen) atoms. The highest BCUT2D eigenvalue weighted by Crippen LogP contribution is 2.25. The van der Waals surface area contributed by atoms with E-state index < -0.39 is 9.89 Å². The van der Waals surface area contributed by atoms with Gasteiger partial charge in [0.25, 0.3) is 0 Å². The molecule has 0 fully saturated rings. The molecule has 1 aromatic heterocycles. The summed E-state index contributed by atoms with van der Waals surface area (Å²) >= 11 is 16.1. The van der Waals surface area contributed by atoms with Gasteiger partial charge in [0, 0.05) is 12.4 Å². The molecule has 0 aliphatic heterocycles. The Labute approximate surface area is 89.3 Å². The Morgan fingerprint density at radius 3 is 2.69 bits per heavy atom. The van der Waals surface area contributed by atoms with Gasteiger partial charge >= 0.3 is 6.09 Å². The fraction of sp³-hybridized carbons (Fsp3) is 0.333. The number of alkyl halides is 3. The van der Waals surface area contributed by atoms with Crippen molar-refractivity contribution in [2.24, 2.45) is 0 Å². The standard InChI is InChI=1S/C6H5Cl3N2O2/c7-6(8,9)3-13-5(12)11-2-1-10-4-11/h1-2,4H,3H2. The van der Waals surface area contributed by atoms with Gasteiger partial charge in [0.15, 0.2) is 0 Å². The van der Waals surface area contributed by atoms with Gasteiger partial charge in [-0.15, -0.1) is 0 Å². The van der Waals surface area contributed by atoms with E-state index in [1.165, 1.54) is 18.7 Å². The molecule has 0 aliphatic rings. The number of carbonyl (C=O) groups is 1. The molecule has 0 N–H and O–H groups in total. The molecule has 0 amide bonds. The first-order valence-corrected chi connectivity index (χ1v) is 4.34. The molecule has 0 atom stereocenters. The van der Waals surface area contributed by atoms with Crippen LogP contribution in [0.1, 0.15) is 0 Å². The van der Waals surface area contributed by atoms with E-state index in [-0.39, 0.29) is 6.61 Å². The van der Waals surface area contributed by atoms with E-state index in [1.54, 1.807) is 0 Å². The van der Waals surface area contributed by atoms with Gasteiger partial charge in [0.1, 0.15) is 12.9 Å². The van der Waals surface area contributed by atoms with Crippen molar-refractivity contribution < 1.29 is 9.53 Å². The molecular weight excluding hydrogens is 238 g/mol. The molecule has 0 aliphatic carbocycles. The molecule has 72 valence electrons.